The molecule has 172 valence electrons. The first-order valence-corrected chi connectivity index (χ1v) is 11.9. The third kappa shape index (κ3) is 3.50. The highest BCUT2D eigenvalue weighted by atomic mass is 35.5. The van der Waals surface area contributed by atoms with Gasteiger partial charge in [-0.25, -0.2) is 0 Å². The van der Waals surface area contributed by atoms with Gasteiger partial charge in [0.25, 0.3) is 5.91 Å². The maximum Gasteiger partial charge on any atom is 0.269 e. The van der Waals surface area contributed by atoms with Crippen LogP contribution in [0.4, 0.5) is 17.1 Å². The van der Waals surface area contributed by atoms with E-state index in [2.05, 4.69) is 5.32 Å². The summed E-state index contributed by atoms with van der Waals surface area (Å²) >= 11 is 7.44. The van der Waals surface area contributed by atoms with Crippen molar-refractivity contribution in [3.8, 4) is 5.75 Å². The van der Waals surface area contributed by atoms with Gasteiger partial charge in [0.05, 0.1) is 23.6 Å². The van der Waals surface area contributed by atoms with Gasteiger partial charge < -0.3 is 10.1 Å². The lowest BCUT2D eigenvalue weighted by Gasteiger charge is -2.33. The van der Waals surface area contributed by atoms with Crippen LogP contribution in [0, 0.1) is 0 Å². The molecular weight excluding hydrogens is 474 g/mol. The average Bonchev–Trinajstić information content (AvgIpc) is 3.30. The minimum Gasteiger partial charge on any atom is -0.495 e. The average molecular weight is 494 g/mol. The Bertz CT molecular complexity index is 1300. The number of carbonyl (C=O) groups is 3. The summed E-state index contributed by atoms with van der Waals surface area (Å²) in [6.07, 6.45) is 0. The number of fused-ring (bicyclic) bond motifs is 2. The standard InChI is InChI=1S/C25H20ClN3O4S/c1-33-21-12-11-16(13-19(21)26)27-22(30)14-28-20-10-6-5-9-18(20)25(24(28)32)29(23(31)15-34-25)17-7-3-2-4-8-17/h2-13H,14-15H2,1H3,(H,27,30)/t25-/m1/s1. The molecule has 0 radical (unpaired) electrons. The molecule has 1 N–H and O–H groups in total. The van der Waals surface area contributed by atoms with Gasteiger partial charge in [-0.05, 0) is 36.4 Å². The van der Waals surface area contributed by atoms with Crippen molar-refractivity contribution in [1.29, 1.82) is 0 Å². The predicted molar refractivity (Wildman–Crippen MR) is 133 cm³/mol. The van der Waals surface area contributed by atoms with E-state index in [1.54, 1.807) is 29.2 Å². The highest BCUT2D eigenvalue weighted by Crippen LogP contribution is 2.55. The molecule has 3 aromatic rings. The molecule has 0 saturated carbocycles. The molecule has 9 heteroatoms. The Labute approximate surface area is 205 Å². The van der Waals surface area contributed by atoms with Crippen molar-refractivity contribution in [2.24, 2.45) is 0 Å². The number of halogens is 1. The second-order valence-corrected chi connectivity index (χ2v) is 9.38. The number of carbonyl (C=O) groups excluding carboxylic acids is 3. The Balaban J connectivity index is 1.47. The van der Waals surface area contributed by atoms with E-state index in [1.807, 2.05) is 48.5 Å². The van der Waals surface area contributed by atoms with E-state index in [1.165, 1.54) is 23.8 Å². The predicted octanol–water partition coefficient (Wildman–Crippen LogP) is 4.27. The van der Waals surface area contributed by atoms with Crippen molar-refractivity contribution in [1.82, 2.24) is 0 Å². The minimum absolute atomic E-state index is 0.154. The number of anilines is 3. The van der Waals surface area contributed by atoms with Crippen molar-refractivity contribution < 1.29 is 19.1 Å². The van der Waals surface area contributed by atoms with Crippen molar-refractivity contribution in [3.63, 3.8) is 0 Å². The van der Waals surface area contributed by atoms with E-state index in [0.717, 1.165) is 0 Å². The molecule has 2 aliphatic rings. The lowest BCUT2D eigenvalue weighted by Crippen LogP contribution is -2.50. The fourth-order valence-corrected chi connectivity index (χ4v) is 5.99. The van der Waals surface area contributed by atoms with Gasteiger partial charge in [-0.3, -0.25) is 24.2 Å². The summed E-state index contributed by atoms with van der Waals surface area (Å²) in [5.74, 6) is -0.203. The van der Waals surface area contributed by atoms with Crippen LogP contribution in [0.5, 0.6) is 5.75 Å². The number of para-hydroxylation sites is 2. The normalized spacial score (nSPS) is 19.0. The van der Waals surface area contributed by atoms with E-state index in [4.69, 9.17) is 16.3 Å². The second-order valence-electron chi connectivity index (χ2n) is 7.80. The molecule has 7 nitrogen and oxygen atoms in total. The van der Waals surface area contributed by atoms with Crippen molar-refractivity contribution >= 4 is 58.1 Å². The van der Waals surface area contributed by atoms with Gasteiger partial charge in [0.2, 0.25) is 16.7 Å². The molecule has 3 aromatic carbocycles. The molecule has 1 spiro atoms. The Morgan fingerprint density at radius 1 is 1.09 bits per heavy atom. The maximum absolute atomic E-state index is 13.9. The quantitative estimate of drug-likeness (QED) is 0.574. The third-order valence-electron chi connectivity index (χ3n) is 5.82. The highest BCUT2D eigenvalue weighted by Gasteiger charge is 2.61. The Morgan fingerprint density at radius 3 is 2.56 bits per heavy atom. The Morgan fingerprint density at radius 2 is 1.82 bits per heavy atom. The van der Waals surface area contributed by atoms with Crippen LogP contribution in [0.15, 0.2) is 72.8 Å². The third-order valence-corrected chi connectivity index (χ3v) is 7.50. The summed E-state index contributed by atoms with van der Waals surface area (Å²) < 4.78 is 5.14. The molecule has 1 saturated heterocycles. The minimum atomic E-state index is -1.25. The number of hydrogen-bond acceptors (Lipinski definition) is 5. The van der Waals surface area contributed by atoms with Crippen LogP contribution in [-0.2, 0) is 19.3 Å². The molecule has 1 atom stereocenters. The van der Waals surface area contributed by atoms with Gasteiger partial charge in [-0.15, -0.1) is 11.8 Å². The Hall–Kier alpha value is -3.49. The van der Waals surface area contributed by atoms with E-state index < -0.39 is 4.87 Å². The molecule has 0 aromatic heterocycles. The number of thioether (sulfide) groups is 1. The number of nitrogens with one attached hydrogen (secondary N) is 1. The lowest BCUT2D eigenvalue weighted by atomic mass is 10.0. The number of methoxy groups -OCH3 is 1. The summed E-state index contributed by atoms with van der Waals surface area (Å²) in [6.45, 7) is -0.210. The first-order chi connectivity index (χ1) is 16.5. The lowest BCUT2D eigenvalue weighted by molar-refractivity contribution is -0.124. The zero-order valence-corrected chi connectivity index (χ0v) is 19.7. The van der Waals surface area contributed by atoms with Crippen LogP contribution in [0.1, 0.15) is 5.56 Å². The summed E-state index contributed by atoms with van der Waals surface area (Å²) in [7, 11) is 1.51. The van der Waals surface area contributed by atoms with Crippen molar-refractivity contribution in [2.45, 2.75) is 4.87 Å². The largest absolute Gasteiger partial charge is 0.495 e. The molecular formula is C25H20ClN3O4S. The van der Waals surface area contributed by atoms with Gasteiger partial charge in [-0.2, -0.15) is 0 Å². The molecule has 1 fully saturated rings. The van der Waals surface area contributed by atoms with Crippen LogP contribution >= 0.6 is 23.4 Å². The molecule has 2 heterocycles. The van der Waals surface area contributed by atoms with Gasteiger partial charge in [0.1, 0.15) is 12.3 Å². The number of rotatable bonds is 5. The van der Waals surface area contributed by atoms with Crippen LogP contribution in [0.3, 0.4) is 0 Å². The summed E-state index contributed by atoms with van der Waals surface area (Å²) in [5, 5.41) is 3.15. The second kappa shape index (κ2) is 8.70. The molecule has 2 aliphatic heterocycles. The summed E-state index contributed by atoms with van der Waals surface area (Å²) in [5.41, 5.74) is 2.43. The fourth-order valence-electron chi connectivity index (χ4n) is 4.38. The van der Waals surface area contributed by atoms with Crippen LogP contribution in [-0.4, -0.2) is 37.1 Å². The fraction of sp³-hybridized carbons (Fsp3) is 0.160. The van der Waals surface area contributed by atoms with Gasteiger partial charge in [0, 0.05) is 16.9 Å². The number of hydrogen-bond donors (Lipinski definition) is 1. The number of benzene rings is 3. The monoisotopic (exact) mass is 493 g/mol. The zero-order valence-electron chi connectivity index (χ0n) is 18.2. The van der Waals surface area contributed by atoms with E-state index >= 15 is 0 Å². The topological polar surface area (TPSA) is 79.0 Å². The molecule has 3 amide bonds. The first-order valence-electron chi connectivity index (χ1n) is 10.5. The van der Waals surface area contributed by atoms with Crippen molar-refractivity contribution in [2.75, 3.05) is 34.5 Å². The van der Waals surface area contributed by atoms with E-state index in [0.29, 0.717) is 33.4 Å². The Kier molecular flexibility index (Phi) is 5.71. The molecule has 5 rings (SSSR count). The summed E-state index contributed by atoms with van der Waals surface area (Å²) in [4.78, 5) is 41.6. The SMILES string of the molecule is COc1ccc(NC(=O)CN2C(=O)[C@]3(SCC(=O)N3c3ccccc3)c3ccccc32)cc1Cl. The molecule has 0 unspecified atom stereocenters. The van der Waals surface area contributed by atoms with E-state index in [-0.39, 0.29) is 30.0 Å². The van der Waals surface area contributed by atoms with Gasteiger partial charge in [0.15, 0.2) is 0 Å². The zero-order chi connectivity index (χ0) is 23.9. The molecule has 0 aliphatic carbocycles. The highest BCUT2D eigenvalue weighted by molar-refractivity contribution is 8.02. The van der Waals surface area contributed by atoms with Gasteiger partial charge in [-0.1, -0.05) is 48.0 Å². The van der Waals surface area contributed by atoms with Crippen molar-refractivity contribution in [3.05, 3.63) is 83.4 Å². The van der Waals surface area contributed by atoms with Crippen LogP contribution in [0.2, 0.25) is 5.02 Å². The number of nitrogens with zero attached hydrogens (tertiary/aromatic N) is 2. The van der Waals surface area contributed by atoms with Crippen LogP contribution in [0.25, 0.3) is 0 Å². The molecule has 34 heavy (non-hydrogen) atoms. The van der Waals surface area contributed by atoms with E-state index in [9.17, 15) is 14.4 Å². The summed E-state index contributed by atoms with van der Waals surface area (Å²) in [6, 6.07) is 21.3. The number of amides is 3. The van der Waals surface area contributed by atoms with Gasteiger partial charge >= 0.3 is 0 Å². The number of ether oxygens (including phenoxy) is 1. The maximum atomic E-state index is 13.9. The van der Waals surface area contributed by atoms with Crippen LogP contribution < -0.4 is 19.9 Å². The molecule has 0 bridgehead atoms. The first kappa shape index (κ1) is 22.3. The smallest absolute Gasteiger partial charge is 0.269 e.